The Kier molecular flexibility index (Phi) is 10.8. The van der Waals surface area contributed by atoms with E-state index in [1.54, 1.807) is 0 Å². The number of hydrogen-bond acceptors (Lipinski definition) is 0. The number of hydrogen-bond donors (Lipinski definition) is 0. The Morgan fingerprint density at radius 2 is 1.07 bits per heavy atom. The SMILES string of the molecule is CCC(C)(C1=CCC(C)=[C-]1)C(C)C.CCC(C)(C1=CCC(C)=[C-]1)C(C)C.[Zn+2]. The molecule has 0 aromatic rings. The van der Waals surface area contributed by atoms with Crippen LogP contribution in [-0.2, 0) is 19.5 Å². The van der Waals surface area contributed by atoms with Crippen LogP contribution in [0, 0.1) is 34.8 Å². The Bertz CT molecular complexity index is 546. The van der Waals surface area contributed by atoms with Gasteiger partial charge in [-0.3, -0.25) is 0 Å². The molecule has 2 rings (SSSR count). The summed E-state index contributed by atoms with van der Waals surface area (Å²) in [7, 11) is 0. The zero-order valence-electron chi connectivity index (χ0n) is 19.8. The Hall–Kier alpha value is -0.417. The standard InChI is InChI=1S/2C13H21.Zn/c2*1-6-13(5,10(2)3)12-8-7-11(4)9-12;/h2*8,10H,6-7H2,1-5H3;/q2*-1;+2. The van der Waals surface area contributed by atoms with Crippen LogP contribution in [0.3, 0.4) is 0 Å². The molecule has 0 saturated heterocycles. The summed E-state index contributed by atoms with van der Waals surface area (Å²) in [6, 6.07) is 0. The molecular formula is C26H42Zn. The largest absolute Gasteiger partial charge is 2.00 e. The van der Waals surface area contributed by atoms with Crippen molar-refractivity contribution in [1.29, 1.82) is 0 Å². The Labute approximate surface area is 183 Å². The molecule has 148 valence electrons. The Balaban J connectivity index is 0.000000483. The normalized spacial score (nSPS) is 20.6. The second-order valence-corrected chi connectivity index (χ2v) is 9.31. The Morgan fingerprint density at radius 3 is 1.22 bits per heavy atom. The molecule has 2 aliphatic rings. The molecule has 0 nitrogen and oxygen atoms in total. The molecule has 1 heteroatoms. The summed E-state index contributed by atoms with van der Waals surface area (Å²) in [6.07, 6.45) is 16.3. The van der Waals surface area contributed by atoms with Gasteiger partial charge < -0.3 is 0 Å². The molecule has 0 radical (unpaired) electrons. The van der Waals surface area contributed by atoms with Crippen molar-refractivity contribution >= 4 is 0 Å². The van der Waals surface area contributed by atoms with Gasteiger partial charge in [-0.15, -0.1) is 0 Å². The van der Waals surface area contributed by atoms with Crippen LogP contribution in [-0.4, -0.2) is 0 Å². The fourth-order valence-electron chi connectivity index (χ4n) is 3.75. The molecule has 2 unspecified atom stereocenters. The molecule has 0 fully saturated rings. The van der Waals surface area contributed by atoms with Gasteiger partial charge in [-0.25, -0.2) is 35.5 Å². The summed E-state index contributed by atoms with van der Waals surface area (Å²) in [5.74, 6) is 1.39. The van der Waals surface area contributed by atoms with Crippen LogP contribution in [0.4, 0.5) is 0 Å². The third-order valence-electron chi connectivity index (χ3n) is 7.17. The molecule has 2 atom stereocenters. The topological polar surface area (TPSA) is 0 Å². The molecule has 27 heavy (non-hydrogen) atoms. The van der Waals surface area contributed by atoms with Gasteiger partial charge in [-0.2, -0.15) is 11.1 Å². The maximum Gasteiger partial charge on any atom is 2.00 e. The van der Waals surface area contributed by atoms with E-state index in [1.165, 1.54) is 35.1 Å². The summed E-state index contributed by atoms with van der Waals surface area (Å²) in [6.45, 7) is 22.8. The van der Waals surface area contributed by atoms with E-state index in [-0.39, 0.29) is 19.5 Å². The predicted octanol–water partition coefficient (Wildman–Crippen LogP) is 8.27. The average molecular weight is 420 g/mol. The average Bonchev–Trinajstić information content (AvgIpc) is 3.22. The van der Waals surface area contributed by atoms with E-state index < -0.39 is 0 Å². The maximum atomic E-state index is 3.50. The van der Waals surface area contributed by atoms with Crippen molar-refractivity contribution in [1.82, 2.24) is 0 Å². The van der Waals surface area contributed by atoms with Crippen LogP contribution in [0.25, 0.3) is 0 Å². The second-order valence-electron chi connectivity index (χ2n) is 9.31. The van der Waals surface area contributed by atoms with E-state index in [2.05, 4.69) is 93.5 Å². The number of allylic oxidation sites excluding steroid dienone is 8. The minimum Gasteiger partial charge on any atom is -0.249 e. The smallest absolute Gasteiger partial charge is 0.249 e. The van der Waals surface area contributed by atoms with Crippen molar-refractivity contribution in [3.8, 4) is 0 Å². The predicted molar refractivity (Wildman–Crippen MR) is 117 cm³/mol. The monoisotopic (exact) mass is 418 g/mol. The van der Waals surface area contributed by atoms with Gasteiger partial charge in [-0.05, 0) is 35.5 Å². The molecule has 0 bridgehead atoms. The molecule has 0 saturated carbocycles. The van der Waals surface area contributed by atoms with Crippen LogP contribution >= 0.6 is 0 Å². The van der Waals surface area contributed by atoms with Crippen molar-refractivity contribution in [2.45, 2.75) is 94.9 Å². The molecule has 0 aromatic carbocycles. The zero-order valence-corrected chi connectivity index (χ0v) is 22.8. The van der Waals surface area contributed by atoms with Gasteiger partial charge in [0.2, 0.25) is 0 Å². The van der Waals surface area contributed by atoms with Gasteiger partial charge in [-0.1, -0.05) is 82.1 Å². The first kappa shape index (κ1) is 26.6. The van der Waals surface area contributed by atoms with Crippen molar-refractivity contribution in [2.24, 2.45) is 22.7 Å². The molecular weight excluding hydrogens is 378 g/mol. The third kappa shape index (κ3) is 6.28. The van der Waals surface area contributed by atoms with Gasteiger partial charge in [0, 0.05) is 0 Å². The van der Waals surface area contributed by atoms with Gasteiger partial charge in [0.15, 0.2) is 0 Å². The Morgan fingerprint density at radius 1 is 0.778 bits per heavy atom. The quantitative estimate of drug-likeness (QED) is 0.300. The van der Waals surface area contributed by atoms with Crippen LogP contribution in [0.1, 0.15) is 94.9 Å². The van der Waals surface area contributed by atoms with Crippen LogP contribution in [0.2, 0.25) is 0 Å². The van der Waals surface area contributed by atoms with Gasteiger partial charge >= 0.3 is 19.5 Å². The van der Waals surface area contributed by atoms with E-state index >= 15 is 0 Å². The molecule has 0 aliphatic heterocycles. The summed E-state index contributed by atoms with van der Waals surface area (Å²) < 4.78 is 0. The van der Waals surface area contributed by atoms with Gasteiger partial charge in [0.1, 0.15) is 0 Å². The van der Waals surface area contributed by atoms with Crippen molar-refractivity contribution in [2.75, 3.05) is 0 Å². The zero-order chi connectivity index (χ0) is 20.1. The fourth-order valence-corrected chi connectivity index (χ4v) is 3.75. The first-order valence-electron chi connectivity index (χ1n) is 10.6. The minimum atomic E-state index is 0. The first-order valence-corrected chi connectivity index (χ1v) is 10.6. The number of rotatable bonds is 6. The molecule has 2 aliphatic carbocycles. The van der Waals surface area contributed by atoms with Crippen molar-refractivity contribution < 1.29 is 19.5 Å². The minimum absolute atomic E-state index is 0. The van der Waals surface area contributed by atoms with Crippen LogP contribution in [0.5, 0.6) is 0 Å². The molecule has 0 N–H and O–H groups in total. The molecule has 0 aromatic heterocycles. The third-order valence-corrected chi connectivity index (χ3v) is 7.17. The van der Waals surface area contributed by atoms with E-state index in [4.69, 9.17) is 0 Å². The maximum absolute atomic E-state index is 3.50. The van der Waals surface area contributed by atoms with E-state index in [9.17, 15) is 0 Å². The van der Waals surface area contributed by atoms with Gasteiger partial charge in [0.25, 0.3) is 0 Å². The van der Waals surface area contributed by atoms with Crippen LogP contribution < -0.4 is 0 Å². The van der Waals surface area contributed by atoms with Crippen LogP contribution in [0.15, 0.2) is 34.4 Å². The molecule has 0 amide bonds. The fraction of sp³-hybridized carbons (Fsp3) is 0.692. The summed E-state index contributed by atoms with van der Waals surface area (Å²) in [5, 5.41) is 0. The van der Waals surface area contributed by atoms with E-state index in [0.717, 1.165) is 12.8 Å². The molecule has 0 heterocycles. The summed E-state index contributed by atoms with van der Waals surface area (Å²) >= 11 is 0. The van der Waals surface area contributed by atoms with Gasteiger partial charge in [0.05, 0.1) is 0 Å². The summed E-state index contributed by atoms with van der Waals surface area (Å²) in [5.41, 5.74) is 6.30. The molecule has 0 spiro atoms. The van der Waals surface area contributed by atoms with Crippen molar-refractivity contribution in [3.63, 3.8) is 0 Å². The van der Waals surface area contributed by atoms with E-state index in [0.29, 0.717) is 22.7 Å². The van der Waals surface area contributed by atoms with E-state index in [1.807, 2.05) is 0 Å². The first-order chi connectivity index (χ1) is 12.0. The second kappa shape index (κ2) is 10.9. The van der Waals surface area contributed by atoms with Crippen molar-refractivity contribution in [3.05, 3.63) is 46.6 Å². The summed E-state index contributed by atoms with van der Waals surface area (Å²) in [4.78, 5) is 0.